The number of aromatic nitrogens is 2. The fourth-order valence-corrected chi connectivity index (χ4v) is 4.05. The van der Waals surface area contributed by atoms with Crippen molar-refractivity contribution >= 4 is 33.5 Å². The molecule has 1 aromatic heterocycles. The Bertz CT molecular complexity index is 969. The minimum absolute atomic E-state index is 0.0495. The number of anilines is 2. The zero-order valence-electron chi connectivity index (χ0n) is 20.0. The summed E-state index contributed by atoms with van der Waals surface area (Å²) in [6.07, 6.45) is 7.19. The van der Waals surface area contributed by atoms with Crippen LogP contribution in [0.4, 0.5) is 11.6 Å². The number of hydrogen-bond donors (Lipinski definition) is 3. The molecule has 2 rings (SSSR count). The van der Waals surface area contributed by atoms with Crippen molar-refractivity contribution in [1.82, 2.24) is 25.1 Å². The molecule has 1 saturated heterocycles. The van der Waals surface area contributed by atoms with Gasteiger partial charge in [0.1, 0.15) is 5.82 Å². The zero-order valence-corrected chi connectivity index (χ0v) is 20.8. The lowest BCUT2D eigenvalue weighted by atomic mass is 10.2. The van der Waals surface area contributed by atoms with E-state index in [-0.39, 0.29) is 17.3 Å². The number of allylic oxidation sites excluding steroid dienone is 2. The normalized spacial score (nSPS) is 15.1. The third kappa shape index (κ3) is 7.82. The van der Waals surface area contributed by atoms with Crippen molar-refractivity contribution in [2.75, 3.05) is 42.6 Å². The fourth-order valence-electron chi connectivity index (χ4n) is 2.97. The van der Waals surface area contributed by atoms with E-state index in [1.54, 1.807) is 32.1 Å². The summed E-state index contributed by atoms with van der Waals surface area (Å²) in [5.41, 5.74) is 10.7. The molecule has 184 valence electrons. The maximum atomic E-state index is 12.5. The Morgan fingerprint density at radius 3 is 2.33 bits per heavy atom. The van der Waals surface area contributed by atoms with Gasteiger partial charge < -0.3 is 10.6 Å². The van der Waals surface area contributed by atoms with E-state index in [0.29, 0.717) is 44.0 Å². The lowest BCUT2D eigenvalue weighted by Gasteiger charge is -2.34. The first-order valence-corrected chi connectivity index (χ1v) is 12.6. The SMILES string of the molecule is C/C=C\C(=C/CC)C(=O)NNC(=O)c1nc(N2CCN(S(=O)(=O)CC)CC2)cnc1N.CC. The molecule has 1 aromatic rings. The molecule has 2 amide bonds. The second-order valence-corrected chi connectivity index (χ2v) is 8.98. The molecule has 12 heteroatoms. The molecule has 33 heavy (non-hydrogen) atoms. The van der Waals surface area contributed by atoms with E-state index in [0.717, 1.165) is 0 Å². The zero-order chi connectivity index (χ0) is 25.0. The number of nitrogens with one attached hydrogen (secondary N) is 2. The summed E-state index contributed by atoms with van der Waals surface area (Å²) in [5, 5.41) is 0. The maximum absolute atomic E-state index is 12.5. The number of sulfonamides is 1. The molecule has 4 N–H and O–H groups in total. The van der Waals surface area contributed by atoms with Crippen LogP contribution in [-0.4, -0.2) is 66.4 Å². The van der Waals surface area contributed by atoms with Crippen LogP contribution in [0.25, 0.3) is 0 Å². The highest BCUT2D eigenvalue weighted by atomic mass is 32.2. The first kappa shape index (κ1) is 28.0. The van der Waals surface area contributed by atoms with E-state index in [2.05, 4.69) is 20.8 Å². The first-order chi connectivity index (χ1) is 15.7. The molecule has 1 aliphatic rings. The van der Waals surface area contributed by atoms with Gasteiger partial charge in [0.15, 0.2) is 11.5 Å². The van der Waals surface area contributed by atoms with Gasteiger partial charge in [-0.2, -0.15) is 4.31 Å². The molecule has 0 radical (unpaired) electrons. The Balaban J connectivity index is 0.00000265. The molecule has 0 bridgehead atoms. The number of carbonyl (C=O) groups excluding carboxylic acids is 2. The summed E-state index contributed by atoms with van der Waals surface area (Å²) < 4.78 is 25.5. The highest BCUT2D eigenvalue weighted by molar-refractivity contribution is 7.89. The van der Waals surface area contributed by atoms with Crippen LogP contribution in [0.2, 0.25) is 0 Å². The van der Waals surface area contributed by atoms with E-state index in [1.165, 1.54) is 10.5 Å². The van der Waals surface area contributed by atoms with Crippen LogP contribution >= 0.6 is 0 Å². The standard InChI is InChI=1S/C19H29N7O4S.C2H6/c1-4-7-14(8-5-2)18(27)23-24-19(28)16-17(20)21-13-15(22-16)25-9-11-26(12-10-25)31(29,30)6-3;1-2/h4,7-8,13H,5-6,9-12H2,1-3H3,(H2,20,21)(H,23,27)(H,24,28);1-2H3/b7-4-,14-8+;. The minimum Gasteiger partial charge on any atom is -0.382 e. The van der Waals surface area contributed by atoms with Crippen molar-refractivity contribution in [2.45, 2.75) is 41.0 Å². The second-order valence-electron chi connectivity index (χ2n) is 6.72. The number of hydrazine groups is 1. The van der Waals surface area contributed by atoms with Gasteiger partial charge in [0, 0.05) is 31.8 Å². The molecule has 1 fully saturated rings. The average molecular weight is 482 g/mol. The molecular weight excluding hydrogens is 446 g/mol. The third-order valence-electron chi connectivity index (χ3n) is 4.65. The summed E-state index contributed by atoms with van der Waals surface area (Å²) in [4.78, 5) is 34.9. The lowest BCUT2D eigenvalue weighted by molar-refractivity contribution is -0.117. The number of piperazine rings is 1. The van der Waals surface area contributed by atoms with Gasteiger partial charge in [-0.15, -0.1) is 0 Å². The number of nitrogens with zero attached hydrogens (tertiary/aromatic N) is 4. The van der Waals surface area contributed by atoms with Gasteiger partial charge in [-0.1, -0.05) is 39.0 Å². The van der Waals surface area contributed by atoms with Crippen molar-refractivity contribution < 1.29 is 18.0 Å². The molecule has 0 atom stereocenters. The highest BCUT2D eigenvalue weighted by Crippen LogP contribution is 2.17. The molecule has 0 unspecified atom stereocenters. The molecule has 0 aliphatic carbocycles. The molecule has 2 heterocycles. The van der Waals surface area contributed by atoms with E-state index < -0.39 is 21.8 Å². The van der Waals surface area contributed by atoms with Crippen molar-refractivity contribution in [3.63, 3.8) is 0 Å². The average Bonchev–Trinajstić information content (AvgIpc) is 2.83. The Morgan fingerprint density at radius 1 is 1.15 bits per heavy atom. The largest absolute Gasteiger partial charge is 0.382 e. The Kier molecular flexibility index (Phi) is 11.5. The number of amides is 2. The van der Waals surface area contributed by atoms with Crippen LogP contribution in [0.1, 0.15) is 51.5 Å². The van der Waals surface area contributed by atoms with Crippen molar-refractivity contribution in [3.05, 3.63) is 35.7 Å². The van der Waals surface area contributed by atoms with Crippen LogP contribution in [0.5, 0.6) is 0 Å². The molecule has 0 spiro atoms. The number of nitrogens with two attached hydrogens (primary N) is 1. The summed E-state index contributed by atoms with van der Waals surface area (Å²) in [7, 11) is -3.25. The molecule has 0 saturated carbocycles. The predicted octanol–water partition coefficient (Wildman–Crippen LogP) is 1.23. The predicted molar refractivity (Wildman–Crippen MR) is 130 cm³/mol. The number of carbonyl (C=O) groups is 2. The number of hydrogen-bond acceptors (Lipinski definition) is 8. The monoisotopic (exact) mass is 481 g/mol. The summed E-state index contributed by atoms with van der Waals surface area (Å²) in [6, 6.07) is 0. The van der Waals surface area contributed by atoms with Crippen molar-refractivity contribution in [2.24, 2.45) is 0 Å². The van der Waals surface area contributed by atoms with E-state index in [9.17, 15) is 18.0 Å². The topological polar surface area (TPSA) is 151 Å². The Morgan fingerprint density at radius 2 is 1.79 bits per heavy atom. The van der Waals surface area contributed by atoms with Crippen molar-refractivity contribution in [3.8, 4) is 0 Å². The second kappa shape index (κ2) is 13.5. The molecule has 0 aromatic carbocycles. The molecule has 11 nitrogen and oxygen atoms in total. The van der Waals surface area contributed by atoms with Gasteiger partial charge in [-0.3, -0.25) is 20.4 Å². The van der Waals surface area contributed by atoms with Gasteiger partial charge in [0.2, 0.25) is 10.0 Å². The van der Waals surface area contributed by atoms with Crippen molar-refractivity contribution in [1.29, 1.82) is 0 Å². The summed E-state index contributed by atoms with van der Waals surface area (Å²) in [6.45, 7) is 10.7. The number of rotatable bonds is 7. The lowest BCUT2D eigenvalue weighted by Crippen LogP contribution is -2.49. The van der Waals surface area contributed by atoms with Gasteiger partial charge >= 0.3 is 0 Å². The Labute approximate surface area is 196 Å². The van der Waals surface area contributed by atoms with Gasteiger partial charge in [-0.25, -0.2) is 18.4 Å². The molecular formula is C21H35N7O4S. The van der Waals surface area contributed by atoms with Crippen LogP contribution in [0.15, 0.2) is 30.0 Å². The van der Waals surface area contributed by atoms with Crippen LogP contribution in [0.3, 0.4) is 0 Å². The number of nitrogen functional groups attached to an aromatic ring is 1. The molecule has 1 aliphatic heterocycles. The smallest absolute Gasteiger partial charge is 0.292 e. The van der Waals surface area contributed by atoms with E-state index in [4.69, 9.17) is 5.73 Å². The van der Waals surface area contributed by atoms with E-state index in [1.807, 2.05) is 25.7 Å². The van der Waals surface area contributed by atoms with Gasteiger partial charge in [0.25, 0.3) is 11.8 Å². The van der Waals surface area contributed by atoms with Crippen LogP contribution in [-0.2, 0) is 14.8 Å². The van der Waals surface area contributed by atoms with Gasteiger partial charge in [-0.05, 0) is 20.3 Å². The van der Waals surface area contributed by atoms with Crippen LogP contribution < -0.4 is 21.5 Å². The third-order valence-corrected chi connectivity index (χ3v) is 6.53. The summed E-state index contributed by atoms with van der Waals surface area (Å²) in [5.74, 6) is -0.804. The minimum atomic E-state index is -3.25. The van der Waals surface area contributed by atoms with E-state index >= 15 is 0 Å². The van der Waals surface area contributed by atoms with Gasteiger partial charge in [0.05, 0.1) is 11.9 Å². The van der Waals surface area contributed by atoms with Crippen LogP contribution in [0, 0.1) is 0 Å². The quantitative estimate of drug-likeness (QED) is 0.299. The first-order valence-electron chi connectivity index (χ1n) is 11.0. The Hall–Kier alpha value is -2.99. The summed E-state index contributed by atoms with van der Waals surface area (Å²) >= 11 is 0. The highest BCUT2D eigenvalue weighted by Gasteiger charge is 2.27. The maximum Gasteiger partial charge on any atom is 0.292 e. The fraction of sp³-hybridized carbons (Fsp3) is 0.524.